The lowest BCUT2D eigenvalue weighted by Crippen LogP contribution is -2.10. The maximum Gasteiger partial charge on any atom is 0.0314 e. The first-order valence-electron chi connectivity index (χ1n) is 13.0. The molecule has 4 aromatic carbocycles. The van der Waals surface area contributed by atoms with Gasteiger partial charge >= 0.3 is 0 Å². The summed E-state index contributed by atoms with van der Waals surface area (Å²) < 4.78 is 1.15. The van der Waals surface area contributed by atoms with Gasteiger partial charge in [-0.2, -0.15) is 0 Å². The molecule has 1 nitrogen and oxygen atoms in total. The number of benzene rings is 4. The van der Waals surface area contributed by atoms with Gasteiger partial charge in [-0.25, -0.2) is 0 Å². The molecule has 0 aromatic heterocycles. The van der Waals surface area contributed by atoms with Crippen LogP contribution in [0.4, 0.5) is 5.69 Å². The van der Waals surface area contributed by atoms with Crippen LogP contribution in [0, 0.1) is 13.8 Å². The van der Waals surface area contributed by atoms with E-state index in [1.165, 1.54) is 33.4 Å². The van der Waals surface area contributed by atoms with Crippen molar-refractivity contribution in [2.75, 3.05) is 5.73 Å². The Morgan fingerprint density at radius 1 is 0.568 bits per heavy atom. The fourth-order valence-corrected chi connectivity index (χ4v) is 4.28. The number of anilines is 1. The third-order valence-electron chi connectivity index (χ3n) is 6.07. The molecule has 2 heteroatoms. The topological polar surface area (TPSA) is 26.0 Å². The molecule has 0 bridgehead atoms. The minimum atomic E-state index is 0.230. The first kappa shape index (κ1) is 30.4. The number of halogens is 1. The van der Waals surface area contributed by atoms with Gasteiger partial charge in [-0.15, -0.1) is 0 Å². The van der Waals surface area contributed by atoms with Crippen LogP contribution in [0.2, 0.25) is 0 Å². The van der Waals surface area contributed by atoms with Crippen LogP contribution < -0.4 is 5.73 Å². The summed E-state index contributed by atoms with van der Waals surface area (Å²) in [6.45, 7) is 17.6. The van der Waals surface area contributed by atoms with Crippen molar-refractivity contribution in [2.24, 2.45) is 0 Å². The zero-order chi connectivity index (χ0) is 27.6. The molecular formula is C35H44BrN. The molecule has 37 heavy (non-hydrogen) atoms. The summed E-state index contributed by atoms with van der Waals surface area (Å²) in [5.74, 6) is 0. The van der Waals surface area contributed by atoms with Gasteiger partial charge in [0.15, 0.2) is 0 Å². The molecule has 0 radical (unpaired) electrons. The van der Waals surface area contributed by atoms with Gasteiger partial charge < -0.3 is 5.73 Å². The largest absolute Gasteiger partial charge is 0.399 e. The van der Waals surface area contributed by atoms with E-state index < -0.39 is 0 Å². The van der Waals surface area contributed by atoms with Crippen LogP contribution in [0.15, 0.2) is 102 Å². The molecule has 0 saturated heterocycles. The minimum absolute atomic E-state index is 0.230. The van der Waals surface area contributed by atoms with Crippen molar-refractivity contribution in [1.82, 2.24) is 0 Å². The molecular weight excluding hydrogens is 514 g/mol. The summed E-state index contributed by atoms with van der Waals surface area (Å²) in [4.78, 5) is 0. The van der Waals surface area contributed by atoms with E-state index in [0.717, 1.165) is 16.6 Å². The summed E-state index contributed by atoms with van der Waals surface area (Å²) in [5, 5.41) is 0. The zero-order valence-corrected chi connectivity index (χ0v) is 25.5. The highest BCUT2D eigenvalue weighted by Gasteiger charge is 2.13. The monoisotopic (exact) mass is 557 g/mol. The molecule has 2 N–H and O–H groups in total. The molecule has 0 aliphatic heterocycles. The van der Waals surface area contributed by atoms with Crippen LogP contribution in [0.3, 0.4) is 0 Å². The van der Waals surface area contributed by atoms with E-state index in [1.54, 1.807) is 0 Å². The van der Waals surface area contributed by atoms with Gasteiger partial charge in [-0.05, 0) is 77.6 Å². The Labute approximate surface area is 234 Å². The molecule has 0 aliphatic carbocycles. The fourth-order valence-electron chi connectivity index (χ4n) is 3.77. The molecule has 4 aromatic rings. The summed E-state index contributed by atoms with van der Waals surface area (Å²) in [5.41, 5.74) is 15.0. The van der Waals surface area contributed by atoms with Crippen LogP contribution in [0.25, 0.3) is 0 Å². The molecule has 0 unspecified atom stereocenters. The SMILES string of the molecule is CC(C)(C)c1ccc(N)cc1.Cc1cccc(Br)c1.Cc1cccc(Cc2ccc(C(C)(C)C)cc2)c1. The summed E-state index contributed by atoms with van der Waals surface area (Å²) in [7, 11) is 0. The average molecular weight is 559 g/mol. The van der Waals surface area contributed by atoms with Crippen molar-refractivity contribution in [3.63, 3.8) is 0 Å². The molecule has 0 atom stereocenters. The number of rotatable bonds is 2. The highest BCUT2D eigenvalue weighted by molar-refractivity contribution is 9.10. The van der Waals surface area contributed by atoms with E-state index in [0.29, 0.717) is 0 Å². The Balaban J connectivity index is 0.000000215. The lowest BCUT2D eigenvalue weighted by atomic mass is 9.86. The van der Waals surface area contributed by atoms with Crippen LogP contribution in [-0.2, 0) is 17.3 Å². The average Bonchev–Trinajstić information content (AvgIpc) is 2.79. The fraction of sp³-hybridized carbons (Fsp3) is 0.314. The van der Waals surface area contributed by atoms with Gasteiger partial charge in [0.05, 0.1) is 0 Å². The maximum absolute atomic E-state index is 5.57. The Hall–Kier alpha value is -2.84. The Morgan fingerprint density at radius 2 is 1.03 bits per heavy atom. The highest BCUT2D eigenvalue weighted by Crippen LogP contribution is 2.23. The Kier molecular flexibility index (Phi) is 11.2. The second-order valence-corrected chi connectivity index (χ2v) is 12.7. The second kappa shape index (κ2) is 13.6. The molecule has 0 saturated carbocycles. The van der Waals surface area contributed by atoms with Crippen molar-refractivity contribution in [1.29, 1.82) is 0 Å². The van der Waals surface area contributed by atoms with Gasteiger partial charge in [0.2, 0.25) is 0 Å². The normalized spacial score (nSPS) is 11.1. The third-order valence-corrected chi connectivity index (χ3v) is 6.56. The predicted octanol–water partition coefficient (Wildman–Crippen LogP) is 10.2. The third kappa shape index (κ3) is 11.4. The Bertz CT molecular complexity index is 1210. The van der Waals surface area contributed by atoms with Crippen LogP contribution >= 0.6 is 15.9 Å². The number of hydrogen-bond acceptors (Lipinski definition) is 1. The van der Waals surface area contributed by atoms with Crippen LogP contribution in [-0.4, -0.2) is 0 Å². The van der Waals surface area contributed by atoms with E-state index >= 15 is 0 Å². The summed E-state index contributed by atoms with van der Waals surface area (Å²) in [6.07, 6.45) is 1.02. The molecule has 0 aliphatic rings. The number of hydrogen-bond donors (Lipinski definition) is 1. The van der Waals surface area contributed by atoms with E-state index in [1.807, 2.05) is 24.3 Å². The van der Waals surface area contributed by atoms with Crippen LogP contribution in [0.1, 0.15) is 74.9 Å². The van der Waals surface area contributed by atoms with Gasteiger partial charge in [0.25, 0.3) is 0 Å². The van der Waals surface area contributed by atoms with Gasteiger partial charge in [0.1, 0.15) is 0 Å². The molecule has 4 rings (SSSR count). The van der Waals surface area contributed by atoms with Crippen molar-refractivity contribution < 1.29 is 0 Å². The quantitative estimate of drug-likeness (QED) is 0.243. The minimum Gasteiger partial charge on any atom is -0.399 e. The standard InChI is InChI=1S/C18H22.C10H15N.C7H7Br/c1-14-6-5-7-16(12-14)13-15-8-10-17(11-9-15)18(2,3)4;1-10(2,3)8-4-6-9(11)7-5-8;1-6-3-2-4-7(8)5-6/h5-12H,13H2,1-4H3;4-7H,11H2,1-3H3;2-5H,1H3. The number of nitrogens with two attached hydrogens (primary N) is 1. The summed E-state index contributed by atoms with van der Waals surface area (Å²) in [6, 6.07) is 34.0. The first-order chi connectivity index (χ1) is 17.2. The lowest BCUT2D eigenvalue weighted by Gasteiger charge is -2.19. The lowest BCUT2D eigenvalue weighted by molar-refractivity contribution is 0.590. The van der Waals surface area contributed by atoms with Crippen molar-refractivity contribution in [3.8, 4) is 0 Å². The van der Waals surface area contributed by atoms with Crippen molar-refractivity contribution >= 4 is 21.6 Å². The molecule has 0 spiro atoms. The van der Waals surface area contributed by atoms with E-state index in [9.17, 15) is 0 Å². The highest BCUT2D eigenvalue weighted by atomic mass is 79.9. The Morgan fingerprint density at radius 3 is 1.43 bits per heavy atom. The molecule has 0 fully saturated rings. The molecule has 0 heterocycles. The van der Waals surface area contributed by atoms with Gasteiger partial charge in [-0.3, -0.25) is 0 Å². The van der Waals surface area contributed by atoms with E-state index in [-0.39, 0.29) is 10.8 Å². The smallest absolute Gasteiger partial charge is 0.0314 e. The van der Waals surface area contributed by atoms with Crippen molar-refractivity contribution in [3.05, 3.63) is 135 Å². The second-order valence-electron chi connectivity index (χ2n) is 11.8. The summed E-state index contributed by atoms with van der Waals surface area (Å²) >= 11 is 3.36. The van der Waals surface area contributed by atoms with Crippen molar-refractivity contribution in [2.45, 2.75) is 72.6 Å². The number of nitrogen functional groups attached to an aromatic ring is 1. The first-order valence-corrected chi connectivity index (χ1v) is 13.8. The maximum atomic E-state index is 5.57. The molecule has 0 amide bonds. The van der Waals surface area contributed by atoms with Crippen LogP contribution in [0.5, 0.6) is 0 Å². The zero-order valence-electron chi connectivity index (χ0n) is 23.9. The number of aryl methyl sites for hydroxylation is 2. The predicted molar refractivity (Wildman–Crippen MR) is 168 cm³/mol. The van der Waals surface area contributed by atoms with E-state index in [2.05, 4.69) is 144 Å². The van der Waals surface area contributed by atoms with Gasteiger partial charge in [0, 0.05) is 10.2 Å². The molecule has 196 valence electrons. The van der Waals surface area contributed by atoms with Gasteiger partial charge in [-0.1, -0.05) is 141 Å². The van der Waals surface area contributed by atoms with E-state index in [4.69, 9.17) is 5.73 Å².